The van der Waals surface area contributed by atoms with Crippen LogP contribution in [0.15, 0.2) is 0 Å². The van der Waals surface area contributed by atoms with Crippen LogP contribution in [0.2, 0.25) is 0 Å². The van der Waals surface area contributed by atoms with E-state index in [0.717, 1.165) is 26.2 Å². The minimum atomic E-state index is -4.14. The number of hydrogen-bond acceptors (Lipinski definition) is 3. The molecule has 0 radical (unpaired) electrons. The van der Waals surface area contributed by atoms with E-state index in [1.807, 2.05) is 0 Å². The Kier molecular flexibility index (Phi) is 3.73. The van der Waals surface area contributed by atoms with E-state index in [4.69, 9.17) is 0 Å². The first kappa shape index (κ1) is 12.8. The zero-order chi connectivity index (χ0) is 12.5. The standard InChI is InChI=1S/C11H17F3N2O/c12-11(13,14)3-1-2-10(17)9-8-15-4-6-16(9)7-5-15/h9H,1-8H2. The van der Waals surface area contributed by atoms with Gasteiger partial charge in [-0.05, 0) is 6.42 Å². The molecule has 0 aromatic heterocycles. The van der Waals surface area contributed by atoms with Crippen molar-refractivity contribution in [2.45, 2.75) is 31.5 Å². The number of Topliss-reactive ketones (excluding diaryl/α,β-unsaturated/α-hetero) is 1. The molecule has 1 atom stereocenters. The van der Waals surface area contributed by atoms with E-state index in [1.54, 1.807) is 0 Å². The second kappa shape index (κ2) is 4.94. The summed E-state index contributed by atoms with van der Waals surface area (Å²) in [6, 6.07) is -0.161. The molecule has 3 aliphatic heterocycles. The summed E-state index contributed by atoms with van der Waals surface area (Å²) < 4.78 is 35.9. The number of fused-ring (bicyclic) bond motifs is 3. The molecular weight excluding hydrogens is 233 g/mol. The van der Waals surface area contributed by atoms with E-state index in [9.17, 15) is 18.0 Å². The number of piperazine rings is 3. The molecule has 0 N–H and O–H groups in total. The van der Waals surface area contributed by atoms with Crippen molar-refractivity contribution in [2.75, 3.05) is 32.7 Å². The van der Waals surface area contributed by atoms with Crippen molar-refractivity contribution in [1.82, 2.24) is 9.80 Å². The molecule has 0 amide bonds. The van der Waals surface area contributed by atoms with Gasteiger partial charge < -0.3 is 0 Å². The first-order chi connectivity index (χ1) is 7.96. The molecule has 3 fully saturated rings. The summed E-state index contributed by atoms with van der Waals surface area (Å²) in [6.07, 6.45) is -5.02. The van der Waals surface area contributed by atoms with Crippen molar-refractivity contribution in [3.8, 4) is 0 Å². The Morgan fingerprint density at radius 2 is 1.82 bits per heavy atom. The Balaban J connectivity index is 1.77. The lowest BCUT2D eigenvalue weighted by Crippen LogP contribution is -2.63. The second-order valence-corrected chi connectivity index (χ2v) is 4.79. The van der Waals surface area contributed by atoms with Gasteiger partial charge in [-0.1, -0.05) is 0 Å². The van der Waals surface area contributed by atoms with Gasteiger partial charge in [0.2, 0.25) is 0 Å². The number of hydrogen-bond donors (Lipinski definition) is 0. The minimum absolute atomic E-state index is 0.0290. The smallest absolute Gasteiger partial charge is 0.299 e. The molecule has 1 unspecified atom stereocenters. The Morgan fingerprint density at radius 3 is 2.29 bits per heavy atom. The fourth-order valence-corrected chi connectivity index (χ4v) is 2.55. The zero-order valence-corrected chi connectivity index (χ0v) is 9.67. The molecule has 0 aliphatic carbocycles. The molecule has 6 heteroatoms. The van der Waals surface area contributed by atoms with Gasteiger partial charge in [-0.3, -0.25) is 14.6 Å². The molecule has 0 aromatic rings. The molecule has 3 nitrogen and oxygen atoms in total. The van der Waals surface area contributed by atoms with Gasteiger partial charge in [0.1, 0.15) is 0 Å². The van der Waals surface area contributed by atoms with E-state index < -0.39 is 12.6 Å². The fraction of sp³-hybridized carbons (Fsp3) is 0.909. The minimum Gasteiger partial charge on any atom is -0.299 e. The molecule has 2 bridgehead atoms. The van der Waals surface area contributed by atoms with Crippen molar-refractivity contribution in [3.63, 3.8) is 0 Å². The summed E-state index contributed by atoms with van der Waals surface area (Å²) in [6.45, 7) is 4.40. The predicted octanol–water partition coefficient (Wildman–Crippen LogP) is 1.29. The molecule has 3 rings (SSSR count). The lowest BCUT2D eigenvalue weighted by Gasteiger charge is -2.46. The highest BCUT2D eigenvalue weighted by atomic mass is 19.4. The van der Waals surface area contributed by atoms with E-state index in [-0.39, 0.29) is 24.7 Å². The number of ketones is 1. The highest BCUT2D eigenvalue weighted by Gasteiger charge is 2.36. The van der Waals surface area contributed by atoms with E-state index in [0.29, 0.717) is 6.54 Å². The third kappa shape index (κ3) is 3.42. The first-order valence-electron chi connectivity index (χ1n) is 6.01. The van der Waals surface area contributed by atoms with E-state index >= 15 is 0 Å². The van der Waals surface area contributed by atoms with Crippen LogP contribution in [0.1, 0.15) is 19.3 Å². The monoisotopic (exact) mass is 250 g/mol. The maximum absolute atomic E-state index is 12.0. The SMILES string of the molecule is O=C(CCCC(F)(F)F)C1CN2CCN1CC2. The number of alkyl halides is 3. The first-order valence-corrected chi connectivity index (χ1v) is 6.01. The number of rotatable bonds is 4. The maximum Gasteiger partial charge on any atom is 0.389 e. The van der Waals surface area contributed by atoms with Crippen LogP contribution >= 0.6 is 0 Å². The fourth-order valence-electron chi connectivity index (χ4n) is 2.55. The van der Waals surface area contributed by atoms with Gasteiger partial charge in [-0.2, -0.15) is 13.2 Å². The zero-order valence-electron chi connectivity index (χ0n) is 9.67. The van der Waals surface area contributed by atoms with Crippen LogP contribution in [0.5, 0.6) is 0 Å². The van der Waals surface area contributed by atoms with Crippen molar-refractivity contribution in [3.05, 3.63) is 0 Å². The summed E-state index contributed by atoms with van der Waals surface area (Å²) in [5.74, 6) is -0.0290. The van der Waals surface area contributed by atoms with Crippen LogP contribution < -0.4 is 0 Å². The average molecular weight is 250 g/mol. The largest absolute Gasteiger partial charge is 0.389 e. The highest BCUT2D eigenvalue weighted by molar-refractivity contribution is 5.84. The van der Waals surface area contributed by atoms with E-state index in [2.05, 4.69) is 9.80 Å². The number of carbonyl (C=O) groups excluding carboxylic acids is 1. The van der Waals surface area contributed by atoms with Gasteiger partial charge in [0, 0.05) is 45.6 Å². The molecular formula is C11H17F3N2O. The van der Waals surface area contributed by atoms with Gasteiger partial charge >= 0.3 is 6.18 Å². The summed E-state index contributed by atoms with van der Waals surface area (Å²) in [4.78, 5) is 16.2. The number of carbonyl (C=O) groups is 1. The summed E-state index contributed by atoms with van der Waals surface area (Å²) in [5.41, 5.74) is 0. The molecule has 0 saturated carbocycles. The molecule has 17 heavy (non-hydrogen) atoms. The van der Waals surface area contributed by atoms with Gasteiger partial charge in [-0.25, -0.2) is 0 Å². The lowest BCUT2D eigenvalue weighted by atomic mass is 10.00. The molecule has 98 valence electrons. The molecule has 3 saturated heterocycles. The Morgan fingerprint density at radius 1 is 1.18 bits per heavy atom. The van der Waals surface area contributed by atoms with Gasteiger partial charge in [0.25, 0.3) is 0 Å². The predicted molar refractivity (Wildman–Crippen MR) is 56.7 cm³/mol. The number of halogens is 3. The topological polar surface area (TPSA) is 23.6 Å². The highest BCUT2D eigenvalue weighted by Crippen LogP contribution is 2.24. The van der Waals surface area contributed by atoms with Crippen molar-refractivity contribution >= 4 is 5.78 Å². The quantitative estimate of drug-likeness (QED) is 0.751. The summed E-state index contributed by atoms with van der Waals surface area (Å²) in [5, 5.41) is 0. The van der Waals surface area contributed by atoms with Crippen LogP contribution in [0.3, 0.4) is 0 Å². The number of nitrogens with zero attached hydrogens (tertiary/aromatic N) is 2. The van der Waals surface area contributed by atoms with Crippen molar-refractivity contribution in [2.24, 2.45) is 0 Å². The molecule has 3 heterocycles. The van der Waals surface area contributed by atoms with Gasteiger partial charge in [0.05, 0.1) is 6.04 Å². The van der Waals surface area contributed by atoms with Crippen molar-refractivity contribution < 1.29 is 18.0 Å². The third-order valence-corrected chi connectivity index (χ3v) is 3.53. The average Bonchev–Trinajstić information content (AvgIpc) is 2.28. The third-order valence-electron chi connectivity index (χ3n) is 3.53. The van der Waals surface area contributed by atoms with Crippen LogP contribution in [0.25, 0.3) is 0 Å². The van der Waals surface area contributed by atoms with Crippen LogP contribution in [0, 0.1) is 0 Å². The summed E-state index contributed by atoms with van der Waals surface area (Å²) in [7, 11) is 0. The Hall–Kier alpha value is -0.620. The Labute approximate surface area is 98.6 Å². The van der Waals surface area contributed by atoms with E-state index in [1.165, 1.54) is 0 Å². The second-order valence-electron chi connectivity index (χ2n) is 4.79. The van der Waals surface area contributed by atoms with Crippen LogP contribution in [-0.4, -0.2) is 60.5 Å². The van der Waals surface area contributed by atoms with Crippen LogP contribution in [0.4, 0.5) is 13.2 Å². The van der Waals surface area contributed by atoms with Gasteiger partial charge in [-0.15, -0.1) is 0 Å². The molecule has 0 spiro atoms. The molecule has 0 aromatic carbocycles. The lowest BCUT2D eigenvalue weighted by molar-refractivity contribution is -0.139. The normalized spacial score (nSPS) is 32.8. The molecule has 3 aliphatic rings. The maximum atomic E-state index is 12.0. The Bertz CT molecular complexity index is 285. The van der Waals surface area contributed by atoms with Gasteiger partial charge in [0.15, 0.2) is 5.78 Å². The summed E-state index contributed by atoms with van der Waals surface area (Å²) >= 11 is 0. The van der Waals surface area contributed by atoms with Crippen molar-refractivity contribution in [1.29, 1.82) is 0 Å². The van der Waals surface area contributed by atoms with Crippen LogP contribution in [-0.2, 0) is 4.79 Å².